The molecule has 100 valence electrons. The van der Waals surface area contributed by atoms with Gasteiger partial charge in [-0.05, 0) is 54.3 Å². The van der Waals surface area contributed by atoms with Gasteiger partial charge in [-0.25, -0.2) is 0 Å². The molecule has 2 nitrogen and oxygen atoms in total. The fraction of sp³-hybridized carbons (Fsp3) is 0.250. The van der Waals surface area contributed by atoms with Crippen molar-refractivity contribution in [2.75, 3.05) is 7.11 Å². The van der Waals surface area contributed by atoms with Crippen LogP contribution in [0.5, 0.6) is 5.75 Å². The summed E-state index contributed by atoms with van der Waals surface area (Å²) in [6, 6.07) is 11.6. The van der Waals surface area contributed by atoms with E-state index in [0.29, 0.717) is 0 Å². The first-order valence-electron chi connectivity index (χ1n) is 6.12. The van der Waals surface area contributed by atoms with Crippen LogP contribution in [0.25, 0.3) is 0 Å². The van der Waals surface area contributed by atoms with E-state index in [1.165, 1.54) is 0 Å². The van der Waals surface area contributed by atoms with Crippen LogP contribution in [0, 0.1) is 13.8 Å². The van der Waals surface area contributed by atoms with Gasteiger partial charge in [0.25, 0.3) is 0 Å². The average Bonchev–Trinajstić information content (AvgIpc) is 2.38. The number of hydrogen-bond donors (Lipinski definition) is 1. The highest BCUT2D eigenvalue weighted by atomic mass is 79.9. The number of ether oxygens (including phenoxy) is 1. The summed E-state index contributed by atoms with van der Waals surface area (Å²) in [7, 11) is 1.67. The molecule has 0 aliphatic heterocycles. The standard InChI is InChI=1S/C16H17BrO2/c1-10-8-12(9-11(2)16(10)19-3)15(18)13-6-4-5-7-14(13)17/h4-9,15,18H,1-3H3/t15-/m0/s1. The third-order valence-corrected chi connectivity index (χ3v) is 3.92. The fourth-order valence-electron chi connectivity index (χ4n) is 2.34. The molecule has 19 heavy (non-hydrogen) atoms. The molecule has 0 aromatic heterocycles. The van der Waals surface area contributed by atoms with Crippen LogP contribution in [-0.4, -0.2) is 12.2 Å². The van der Waals surface area contributed by atoms with Crippen molar-refractivity contribution < 1.29 is 9.84 Å². The van der Waals surface area contributed by atoms with Gasteiger partial charge in [-0.3, -0.25) is 0 Å². The molecule has 0 saturated carbocycles. The molecule has 1 atom stereocenters. The van der Waals surface area contributed by atoms with Crippen molar-refractivity contribution >= 4 is 15.9 Å². The second kappa shape index (κ2) is 5.76. The van der Waals surface area contributed by atoms with Crippen LogP contribution < -0.4 is 4.74 Å². The molecule has 0 aliphatic rings. The molecule has 0 saturated heterocycles. The normalized spacial score (nSPS) is 12.3. The van der Waals surface area contributed by atoms with Crippen LogP contribution in [0.3, 0.4) is 0 Å². The van der Waals surface area contributed by atoms with Gasteiger partial charge in [0.2, 0.25) is 0 Å². The van der Waals surface area contributed by atoms with Gasteiger partial charge in [-0.1, -0.05) is 34.1 Å². The van der Waals surface area contributed by atoms with E-state index in [1.54, 1.807) is 7.11 Å². The van der Waals surface area contributed by atoms with Gasteiger partial charge in [0, 0.05) is 4.47 Å². The maximum atomic E-state index is 10.5. The number of hydrogen-bond acceptors (Lipinski definition) is 2. The predicted octanol–water partition coefficient (Wildman–Crippen LogP) is 4.16. The average molecular weight is 321 g/mol. The molecule has 0 unspecified atom stereocenters. The lowest BCUT2D eigenvalue weighted by Crippen LogP contribution is -2.03. The maximum absolute atomic E-state index is 10.5. The molecule has 2 aromatic carbocycles. The minimum absolute atomic E-state index is 0.640. The summed E-state index contributed by atoms with van der Waals surface area (Å²) in [5, 5.41) is 10.5. The highest BCUT2D eigenvalue weighted by molar-refractivity contribution is 9.10. The lowest BCUT2D eigenvalue weighted by Gasteiger charge is -2.17. The zero-order chi connectivity index (χ0) is 14.0. The van der Waals surface area contributed by atoms with Gasteiger partial charge in [-0.15, -0.1) is 0 Å². The van der Waals surface area contributed by atoms with Crippen LogP contribution in [-0.2, 0) is 0 Å². The Balaban J connectivity index is 2.45. The molecule has 0 heterocycles. The molecule has 0 radical (unpaired) electrons. The number of aliphatic hydroxyl groups is 1. The Morgan fingerprint density at radius 3 is 2.21 bits per heavy atom. The van der Waals surface area contributed by atoms with E-state index in [4.69, 9.17) is 4.74 Å². The Morgan fingerprint density at radius 2 is 1.68 bits per heavy atom. The van der Waals surface area contributed by atoms with Gasteiger partial charge in [0.1, 0.15) is 11.9 Å². The zero-order valence-corrected chi connectivity index (χ0v) is 12.9. The molecule has 0 aliphatic carbocycles. The minimum Gasteiger partial charge on any atom is -0.496 e. The Labute approximate surface area is 122 Å². The van der Waals surface area contributed by atoms with E-state index < -0.39 is 6.10 Å². The van der Waals surface area contributed by atoms with Crippen LogP contribution in [0.4, 0.5) is 0 Å². The Bertz CT molecular complexity index is 570. The summed E-state index contributed by atoms with van der Waals surface area (Å²) in [5.41, 5.74) is 3.81. The molecule has 2 rings (SSSR count). The molecular weight excluding hydrogens is 304 g/mol. The van der Waals surface area contributed by atoms with Crippen LogP contribution in [0.1, 0.15) is 28.4 Å². The highest BCUT2D eigenvalue weighted by Crippen LogP contribution is 2.32. The third-order valence-electron chi connectivity index (χ3n) is 3.20. The van der Waals surface area contributed by atoms with Crippen molar-refractivity contribution in [1.29, 1.82) is 0 Å². The Morgan fingerprint density at radius 1 is 1.11 bits per heavy atom. The first-order valence-corrected chi connectivity index (χ1v) is 6.91. The van der Waals surface area contributed by atoms with Gasteiger partial charge < -0.3 is 9.84 Å². The molecular formula is C16H17BrO2. The minimum atomic E-state index is -0.640. The summed E-state index contributed by atoms with van der Waals surface area (Å²) < 4.78 is 6.26. The fourth-order valence-corrected chi connectivity index (χ4v) is 2.84. The quantitative estimate of drug-likeness (QED) is 0.920. The van der Waals surface area contributed by atoms with Gasteiger partial charge in [0.05, 0.1) is 7.11 Å². The molecule has 2 aromatic rings. The Kier molecular flexibility index (Phi) is 4.27. The van der Waals surface area contributed by atoms with Gasteiger partial charge in [-0.2, -0.15) is 0 Å². The number of benzene rings is 2. The lowest BCUT2D eigenvalue weighted by atomic mass is 9.97. The van der Waals surface area contributed by atoms with E-state index in [1.807, 2.05) is 50.2 Å². The number of halogens is 1. The second-order valence-corrected chi connectivity index (χ2v) is 5.47. The SMILES string of the molecule is COc1c(C)cc([C@H](O)c2ccccc2Br)cc1C. The van der Waals surface area contributed by atoms with Crippen molar-refractivity contribution in [2.24, 2.45) is 0 Å². The molecule has 0 spiro atoms. The van der Waals surface area contributed by atoms with Crippen molar-refractivity contribution in [3.8, 4) is 5.75 Å². The summed E-state index contributed by atoms with van der Waals surface area (Å²) in [6.45, 7) is 3.98. The monoisotopic (exact) mass is 320 g/mol. The van der Waals surface area contributed by atoms with Crippen LogP contribution in [0.2, 0.25) is 0 Å². The van der Waals surface area contributed by atoms with E-state index >= 15 is 0 Å². The van der Waals surface area contributed by atoms with Crippen LogP contribution in [0.15, 0.2) is 40.9 Å². The summed E-state index contributed by atoms with van der Waals surface area (Å²) in [5.74, 6) is 0.878. The summed E-state index contributed by atoms with van der Waals surface area (Å²) >= 11 is 3.47. The van der Waals surface area contributed by atoms with Crippen molar-refractivity contribution in [3.05, 3.63) is 63.1 Å². The molecule has 0 fully saturated rings. The maximum Gasteiger partial charge on any atom is 0.124 e. The lowest BCUT2D eigenvalue weighted by molar-refractivity contribution is 0.219. The van der Waals surface area contributed by atoms with Crippen LogP contribution >= 0.6 is 15.9 Å². The van der Waals surface area contributed by atoms with Crippen molar-refractivity contribution in [1.82, 2.24) is 0 Å². The van der Waals surface area contributed by atoms with E-state index in [2.05, 4.69) is 15.9 Å². The largest absolute Gasteiger partial charge is 0.496 e. The number of rotatable bonds is 3. The molecule has 0 bridgehead atoms. The topological polar surface area (TPSA) is 29.5 Å². The van der Waals surface area contributed by atoms with Gasteiger partial charge in [0.15, 0.2) is 0 Å². The summed E-state index contributed by atoms with van der Waals surface area (Å²) in [6.07, 6.45) is -0.640. The first kappa shape index (κ1) is 14.1. The smallest absolute Gasteiger partial charge is 0.124 e. The van der Waals surface area contributed by atoms with E-state index in [9.17, 15) is 5.11 Å². The van der Waals surface area contributed by atoms with E-state index in [0.717, 1.165) is 32.5 Å². The highest BCUT2D eigenvalue weighted by Gasteiger charge is 2.15. The first-order chi connectivity index (χ1) is 9.04. The van der Waals surface area contributed by atoms with Crippen molar-refractivity contribution in [3.63, 3.8) is 0 Å². The second-order valence-electron chi connectivity index (χ2n) is 4.61. The van der Waals surface area contributed by atoms with E-state index in [-0.39, 0.29) is 0 Å². The molecule has 3 heteroatoms. The van der Waals surface area contributed by atoms with Gasteiger partial charge >= 0.3 is 0 Å². The summed E-state index contributed by atoms with van der Waals surface area (Å²) in [4.78, 5) is 0. The third kappa shape index (κ3) is 2.82. The number of aryl methyl sites for hydroxylation is 2. The van der Waals surface area contributed by atoms with Crippen molar-refractivity contribution in [2.45, 2.75) is 20.0 Å². The Hall–Kier alpha value is -1.32. The predicted molar refractivity (Wildman–Crippen MR) is 80.7 cm³/mol. The number of aliphatic hydroxyl groups excluding tert-OH is 1. The zero-order valence-electron chi connectivity index (χ0n) is 11.3. The number of methoxy groups -OCH3 is 1. The molecule has 1 N–H and O–H groups in total. The molecule has 0 amide bonds.